The fraction of sp³-hybridized carbons (Fsp3) is 0.385. The van der Waals surface area contributed by atoms with Gasteiger partial charge in [0, 0.05) is 31.9 Å². The zero-order chi connectivity index (χ0) is 13.5. The third-order valence-corrected chi connectivity index (χ3v) is 2.40. The predicted octanol–water partition coefficient (Wildman–Crippen LogP) is 0.936. The summed E-state index contributed by atoms with van der Waals surface area (Å²) in [6, 6.07) is 7.08. The third-order valence-electron chi connectivity index (χ3n) is 2.40. The molecule has 5 heteroatoms. The van der Waals surface area contributed by atoms with Gasteiger partial charge in [-0.1, -0.05) is 6.07 Å². The number of rotatable bonds is 5. The Hall–Kier alpha value is -2.04. The minimum absolute atomic E-state index is 0.0154. The molecule has 0 aliphatic heterocycles. The Morgan fingerprint density at radius 1 is 1.28 bits per heavy atom. The number of carbonyl (C=O) groups excluding carboxylic acids is 2. The predicted molar refractivity (Wildman–Crippen MR) is 71.6 cm³/mol. The zero-order valence-electron chi connectivity index (χ0n) is 11.0. The maximum atomic E-state index is 11.6. The van der Waals surface area contributed by atoms with Crippen LogP contribution in [0.25, 0.3) is 0 Å². The molecule has 2 amide bonds. The molecule has 5 nitrogen and oxygen atoms in total. The van der Waals surface area contributed by atoms with Crippen LogP contribution in [0, 0.1) is 0 Å². The van der Waals surface area contributed by atoms with Gasteiger partial charge in [0.2, 0.25) is 5.91 Å². The van der Waals surface area contributed by atoms with Crippen molar-refractivity contribution in [3.8, 4) is 0 Å². The smallest absolute Gasteiger partial charge is 0.251 e. The second-order valence-corrected chi connectivity index (χ2v) is 4.08. The van der Waals surface area contributed by atoms with E-state index in [1.807, 2.05) is 13.0 Å². The molecule has 0 aliphatic carbocycles. The van der Waals surface area contributed by atoms with Crippen molar-refractivity contribution in [2.24, 2.45) is 0 Å². The highest BCUT2D eigenvalue weighted by Crippen LogP contribution is 2.10. The molecule has 2 N–H and O–H groups in total. The Labute approximate surface area is 107 Å². The highest BCUT2D eigenvalue weighted by Gasteiger charge is 2.06. The summed E-state index contributed by atoms with van der Waals surface area (Å²) >= 11 is 0. The molecule has 98 valence electrons. The molecular formula is C13H19N3O2. The first-order valence-electron chi connectivity index (χ1n) is 5.87. The van der Waals surface area contributed by atoms with Gasteiger partial charge in [-0.05, 0) is 25.1 Å². The summed E-state index contributed by atoms with van der Waals surface area (Å²) in [4.78, 5) is 24.6. The van der Waals surface area contributed by atoms with Crippen LogP contribution < -0.4 is 10.6 Å². The third kappa shape index (κ3) is 4.08. The van der Waals surface area contributed by atoms with Gasteiger partial charge in [0.05, 0.1) is 6.54 Å². The first-order valence-corrected chi connectivity index (χ1v) is 5.87. The number of hydrogen-bond donors (Lipinski definition) is 2. The minimum atomic E-state index is -0.111. The van der Waals surface area contributed by atoms with Crippen LogP contribution in [-0.2, 0) is 4.79 Å². The van der Waals surface area contributed by atoms with Crippen LogP contribution in [0.5, 0.6) is 0 Å². The van der Waals surface area contributed by atoms with Crippen LogP contribution in [0.15, 0.2) is 24.3 Å². The average Bonchev–Trinajstić information content (AvgIpc) is 2.36. The van der Waals surface area contributed by atoms with Crippen LogP contribution >= 0.6 is 0 Å². The summed E-state index contributed by atoms with van der Waals surface area (Å²) in [5.74, 6) is -0.126. The van der Waals surface area contributed by atoms with Crippen LogP contribution in [0.4, 0.5) is 5.69 Å². The van der Waals surface area contributed by atoms with E-state index in [1.54, 1.807) is 32.3 Å². The number of nitrogens with zero attached hydrogens (tertiary/aromatic N) is 1. The molecule has 18 heavy (non-hydrogen) atoms. The van der Waals surface area contributed by atoms with Gasteiger partial charge in [0.15, 0.2) is 0 Å². The van der Waals surface area contributed by atoms with Crippen molar-refractivity contribution < 1.29 is 9.59 Å². The number of likely N-dealkylation sites (N-methyl/N-ethyl adjacent to an activating group) is 1. The normalized spacial score (nSPS) is 9.72. The largest absolute Gasteiger partial charge is 0.376 e. The van der Waals surface area contributed by atoms with Crippen molar-refractivity contribution in [1.82, 2.24) is 10.2 Å². The molecule has 1 aromatic rings. The van der Waals surface area contributed by atoms with Gasteiger partial charge >= 0.3 is 0 Å². The molecular weight excluding hydrogens is 230 g/mol. The lowest BCUT2D eigenvalue weighted by Crippen LogP contribution is -2.28. The molecule has 1 rings (SSSR count). The van der Waals surface area contributed by atoms with Crippen LogP contribution in [0.1, 0.15) is 17.3 Å². The van der Waals surface area contributed by atoms with E-state index in [9.17, 15) is 9.59 Å². The van der Waals surface area contributed by atoms with E-state index in [0.717, 1.165) is 5.69 Å². The number of hydrogen-bond acceptors (Lipinski definition) is 3. The fourth-order valence-electron chi connectivity index (χ4n) is 1.37. The van der Waals surface area contributed by atoms with Crippen molar-refractivity contribution >= 4 is 17.5 Å². The van der Waals surface area contributed by atoms with Crippen molar-refractivity contribution in [2.75, 3.05) is 32.5 Å². The topological polar surface area (TPSA) is 61.4 Å². The minimum Gasteiger partial charge on any atom is -0.376 e. The Morgan fingerprint density at radius 3 is 2.61 bits per heavy atom. The van der Waals surface area contributed by atoms with Crippen LogP contribution in [0.3, 0.4) is 0 Å². The van der Waals surface area contributed by atoms with E-state index in [4.69, 9.17) is 0 Å². The zero-order valence-corrected chi connectivity index (χ0v) is 11.0. The quantitative estimate of drug-likeness (QED) is 0.816. The van der Waals surface area contributed by atoms with E-state index in [0.29, 0.717) is 12.1 Å². The van der Waals surface area contributed by atoms with Gasteiger partial charge in [-0.25, -0.2) is 0 Å². The Kier molecular flexibility index (Phi) is 5.17. The molecule has 0 spiro atoms. The first kappa shape index (κ1) is 14.0. The molecule has 0 aromatic heterocycles. The highest BCUT2D eigenvalue weighted by atomic mass is 16.2. The number of benzene rings is 1. The Morgan fingerprint density at radius 2 is 2.00 bits per heavy atom. The molecule has 1 aromatic carbocycles. The van der Waals surface area contributed by atoms with E-state index in [1.165, 1.54) is 4.90 Å². The van der Waals surface area contributed by atoms with E-state index in [2.05, 4.69) is 10.6 Å². The second-order valence-electron chi connectivity index (χ2n) is 4.08. The van der Waals surface area contributed by atoms with Crippen LogP contribution in [-0.4, -0.2) is 43.9 Å². The standard InChI is InChI=1S/C13H19N3O2/c1-4-14-13(18)10-6-5-7-11(8-10)15-9-12(17)16(2)3/h5-8,15H,4,9H2,1-3H3,(H,14,18). The summed E-state index contributed by atoms with van der Waals surface area (Å²) in [6.45, 7) is 2.68. The van der Waals surface area contributed by atoms with Crippen molar-refractivity contribution in [3.05, 3.63) is 29.8 Å². The Bertz CT molecular complexity index is 430. The highest BCUT2D eigenvalue weighted by molar-refractivity contribution is 5.95. The molecule has 0 bridgehead atoms. The van der Waals surface area contributed by atoms with Crippen molar-refractivity contribution in [1.29, 1.82) is 0 Å². The number of nitrogens with one attached hydrogen (secondary N) is 2. The fourth-order valence-corrected chi connectivity index (χ4v) is 1.37. The van der Waals surface area contributed by atoms with Gasteiger partial charge < -0.3 is 15.5 Å². The van der Waals surface area contributed by atoms with Gasteiger partial charge in [-0.15, -0.1) is 0 Å². The van der Waals surface area contributed by atoms with E-state index >= 15 is 0 Å². The summed E-state index contributed by atoms with van der Waals surface area (Å²) < 4.78 is 0. The number of carbonyl (C=O) groups is 2. The maximum absolute atomic E-state index is 11.6. The molecule has 0 unspecified atom stereocenters. The lowest BCUT2D eigenvalue weighted by Gasteiger charge is -2.12. The SMILES string of the molecule is CCNC(=O)c1cccc(NCC(=O)N(C)C)c1. The lowest BCUT2D eigenvalue weighted by atomic mass is 10.2. The molecule has 0 heterocycles. The molecule has 0 fully saturated rings. The van der Waals surface area contributed by atoms with Crippen LogP contribution in [0.2, 0.25) is 0 Å². The van der Waals surface area contributed by atoms with Gasteiger partial charge in [0.25, 0.3) is 5.91 Å². The van der Waals surface area contributed by atoms with Gasteiger partial charge in [-0.3, -0.25) is 9.59 Å². The summed E-state index contributed by atoms with van der Waals surface area (Å²) in [6.07, 6.45) is 0. The maximum Gasteiger partial charge on any atom is 0.251 e. The molecule has 0 saturated carbocycles. The summed E-state index contributed by atoms with van der Waals surface area (Å²) in [5, 5.41) is 5.72. The molecule has 0 aliphatic rings. The summed E-state index contributed by atoms with van der Waals surface area (Å²) in [7, 11) is 3.41. The molecule has 0 radical (unpaired) electrons. The summed E-state index contributed by atoms with van der Waals surface area (Å²) in [5.41, 5.74) is 1.34. The monoisotopic (exact) mass is 249 g/mol. The molecule has 0 atom stereocenters. The molecule has 0 saturated heterocycles. The second kappa shape index (κ2) is 6.64. The first-order chi connectivity index (χ1) is 8.54. The lowest BCUT2D eigenvalue weighted by molar-refractivity contribution is -0.126. The van der Waals surface area contributed by atoms with Crippen molar-refractivity contribution in [2.45, 2.75) is 6.92 Å². The van der Waals surface area contributed by atoms with Crippen molar-refractivity contribution in [3.63, 3.8) is 0 Å². The number of amides is 2. The van der Waals surface area contributed by atoms with Gasteiger partial charge in [-0.2, -0.15) is 0 Å². The van der Waals surface area contributed by atoms with E-state index in [-0.39, 0.29) is 18.4 Å². The van der Waals surface area contributed by atoms with Gasteiger partial charge in [0.1, 0.15) is 0 Å². The van der Waals surface area contributed by atoms with E-state index < -0.39 is 0 Å². The average molecular weight is 249 g/mol. The number of anilines is 1. The Balaban J connectivity index is 2.65.